The van der Waals surface area contributed by atoms with E-state index in [1.54, 1.807) is 0 Å². The fraction of sp³-hybridized carbons (Fsp3) is 0.667. The van der Waals surface area contributed by atoms with Crippen molar-refractivity contribution in [2.75, 3.05) is 18.5 Å². The monoisotopic (exact) mass is 485 g/mol. The molecule has 3 aliphatic heterocycles. The summed E-state index contributed by atoms with van der Waals surface area (Å²) in [5.74, 6) is -2.30. The first kappa shape index (κ1) is 25.6. The molecule has 7 atom stereocenters. The maximum atomic E-state index is 14.0. The van der Waals surface area contributed by atoms with E-state index in [0.29, 0.717) is 25.1 Å². The zero-order valence-electron chi connectivity index (χ0n) is 21.7. The van der Waals surface area contributed by atoms with Crippen LogP contribution in [0.25, 0.3) is 0 Å². The number of anilines is 1. The zero-order chi connectivity index (χ0) is 25.7. The minimum absolute atomic E-state index is 0.0198. The van der Waals surface area contributed by atoms with Gasteiger partial charge in [-0.2, -0.15) is 0 Å². The van der Waals surface area contributed by atoms with Crippen molar-refractivity contribution in [2.45, 2.75) is 84.1 Å². The number of likely N-dealkylation sites (tertiary alicyclic amines) is 1. The third-order valence-electron chi connectivity index (χ3n) is 8.64. The number of carbonyl (C=O) groups is 3. The van der Waals surface area contributed by atoms with Gasteiger partial charge in [0.2, 0.25) is 17.7 Å². The van der Waals surface area contributed by atoms with Crippen LogP contribution in [0.4, 0.5) is 5.69 Å². The van der Waals surface area contributed by atoms with Gasteiger partial charge in [-0.25, -0.2) is 0 Å². The van der Waals surface area contributed by atoms with E-state index >= 15 is 0 Å². The average molecular weight is 486 g/mol. The number of amides is 3. The van der Waals surface area contributed by atoms with Crippen molar-refractivity contribution in [3.63, 3.8) is 0 Å². The fourth-order valence-corrected chi connectivity index (χ4v) is 6.74. The predicted molar refractivity (Wildman–Crippen MR) is 133 cm³/mol. The third kappa shape index (κ3) is 3.68. The summed E-state index contributed by atoms with van der Waals surface area (Å²) in [4.78, 5) is 43.0. The molecule has 3 heterocycles. The van der Waals surface area contributed by atoms with Crippen LogP contribution in [0.3, 0.4) is 0 Å². The summed E-state index contributed by atoms with van der Waals surface area (Å²) in [7, 11) is 0. The summed E-state index contributed by atoms with van der Waals surface area (Å²) >= 11 is 0. The summed E-state index contributed by atoms with van der Waals surface area (Å²) in [6, 6.07) is 4.31. The van der Waals surface area contributed by atoms with Gasteiger partial charge in [0.15, 0.2) is 0 Å². The molecule has 3 aliphatic rings. The quantitative estimate of drug-likeness (QED) is 0.525. The molecule has 0 radical (unpaired) electrons. The van der Waals surface area contributed by atoms with E-state index in [2.05, 4.69) is 10.6 Å². The van der Waals surface area contributed by atoms with Gasteiger partial charge in [0.25, 0.3) is 0 Å². The van der Waals surface area contributed by atoms with Crippen molar-refractivity contribution < 1.29 is 24.2 Å². The maximum Gasteiger partial charge on any atom is 0.250 e. The Kier molecular flexibility index (Phi) is 6.74. The van der Waals surface area contributed by atoms with Crippen LogP contribution in [0, 0.1) is 31.6 Å². The molecule has 0 aromatic heterocycles. The lowest BCUT2D eigenvalue weighted by molar-refractivity contribution is -0.149. The molecule has 1 spiro atoms. The molecule has 3 saturated heterocycles. The molecule has 192 valence electrons. The Morgan fingerprint density at radius 3 is 2.46 bits per heavy atom. The van der Waals surface area contributed by atoms with E-state index in [1.807, 2.05) is 59.7 Å². The number of aryl methyl sites for hydroxylation is 2. The van der Waals surface area contributed by atoms with Crippen LogP contribution in [0.1, 0.15) is 58.1 Å². The second-order valence-electron chi connectivity index (χ2n) is 10.7. The van der Waals surface area contributed by atoms with Crippen molar-refractivity contribution >= 4 is 23.4 Å². The van der Waals surface area contributed by atoms with Gasteiger partial charge in [0.05, 0.1) is 30.1 Å². The van der Waals surface area contributed by atoms with Crippen molar-refractivity contribution in [3.05, 3.63) is 29.3 Å². The van der Waals surface area contributed by atoms with E-state index in [9.17, 15) is 19.5 Å². The number of hydrogen-bond acceptors (Lipinski definition) is 5. The van der Waals surface area contributed by atoms with Gasteiger partial charge in [-0.15, -0.1) is 0 Å². The number of fused-ring (bicyclic) bond motifs is 1. The van der Waals surface area contributed by atoms with E-state index in [1.165, 1.54) is 4.90 Å². The van der Waals surface area contributed by atoms with Crippen molar-refractivity contribution in [1.82, 2.24) is 10.2 Å². The number of nitrogens with zero attached hydrogens (tertiary/aromatic N) is 1. The van der Waals surface area contributed by atoms with E-state index in [-0.39, 0.29) is 30.2 Å². The first-order chi connectivity index (χ1) is 16.6. The molecule has 3 N–H and O–H groups in total. The predicted octanol–water partition coefficient (Wildman–Crippen LogP) is 2.55. The average Bonchev–Trinajstić information content (AvgIpc) is 3.33. The highest BCUT2D eigenvalue weighted by molar-refractivity contribution is 6.04. The van der Waals surface area contributed by atoms with Gasteiger partial charge in [0.1, 0.15) is 11.6 Å². The van der Waals surface area contributed by atoms with Crippen LogP contribution >= 0.6 is 0 Å². The van der Waals surface area contributed by atoms with E-state index < -0.39 is 35.1 Å². The second-order valence-corrected chi connectivity index (χ2v) is 10.7. The van der Waals surface area contributed by atoms with E-state index in [4.69, 9.17) is 4.74 Å². The van der Waals surface area contributed by atoms with Gasteiger partial charge >= 0.3 is 0 Å². The number of ether oxygens (including phenoxy) is 1. The lowest BCUT2D eigenvalue weighted by Crippen LogP contribution is -2.56. The minimum atomic E-state index is -1.12. The van der Waals surface area contributed by atoms with E-state index in [0.717, 1.165) is 17.5 Å². The SMILES string of the molecule is CCCNC(=O)[C@H]1[C@H]2C(=O)N([C@@H](CC)CO)C(C(=O)Nc3c(C)cccc3C)C23CC(C)[C@]1(C)O3. The summed E-state index contributed by atoms with van der Waals surface area (Å²) < 4.78 is 6.70. The highest BCUT2D eigenvalue weighted by Gasteiger charge is 2.80. The standard InChI is InChI=1S/C27H39N3O5/c1-7-12-28-23(32)19-20-25(34)30(18(8-2)14-31)22(27(20)13-17(5)26(19,6)35-27)24(33)29-21-15(3)10-9-11-16(21)4/h9-11,17-20,22,31H,7-8,12-14H2,1-6H3,(H,28,32)(H,29,33)/t17?,18-,19+,20-,22?,26-,27?/m0/s1. The highest BCUT2D eigenvalue weighted by atomic mass is 16.5. The molecule has 0 aliphatic carbocycles. The number of nitrogens with one attached hydrogen (secondary N) is 2. The van der Waals surface area contributed by atoms with Gasteiger partial charge < -0.3 is 25.4 Å². The van der Waals surface area contributed by atoms with Gasteiger partial charge in [-0.3, -0.25) is 14.4 Å². The molecule has 8 heteroatoms. The van der Waals surface area contributed by atoms with Gasteiger partial charge in [-0.05, 0) is 57.1 Å². The van der Waals surface area contributed by atoms with Crippen LogP contribution in [0.5, 0.6) is 0 Å². The molecule has 4 rings (SSSR count). The Labute approximate surface area is 207 Å². The number of hydrogen-bond donors (Lipinski definition) is 3. The van der Waals surface area contributed by atoms with Crippen LogP contribution in [-0.2, 0) is 19.1 Å². The molecule has 8 nitrogen and oxygen atoms in total. The molecule has 3 amide bonds. The molecule has 1 aromatic rings. The molecular weight excluding hydrogens is 446 g/mol. The van der Waals surface area contributed by atoms with Crippen molar-refractivity contribution in [1.29, 1.82) is 0 Å². The first-order valence-corrected chi connectivity index (χ1v) is 12.8. The number of para-hydroxylation sites is 1. The number of rotatable bonds is 8. The zero-order valence-corrected chi connectivity index (χ0v) is 21.7. The van der Waals surface area contributed by atoms with Crippen LogP contribution in [0.2, 0.25) is 0 Å². The third-order valence-corrected chi connectivity index (χ3v) is 8.64. The number of benzene rings is 1. The summed E-state index contributed by atoms with van der Waals surface area (Å²) in [6.45, 7) is 11.9. The lowest BCUT2D eigenvalue weighted by Gasteiger charge is -2.36. The molecule has 0 saturated carbocycles. The maximum absolute atomic E-state index is 14.0. The van der Waals surface area contributed by atoms with Crippen LogP contribution < -0.4 is 10.6 Å². The lowest BCUT2D eigenvalue weighted by atomic mass is 9.62. The highest BCUT2D eigenvalue weighted by Crippen LogP contribution is 2.65. The van der Waals surface area contributed by atoms with Gasteiger partial charge in [-0.1, -0.05) is 39.0 Å². The molecule has 3 unspecified atom stereocenters. The van der Waals surface area contributed by atoms with Crippen LogP contribution in [0.15, 0.2) is 18.2 Å². The minimum Gasteiger partial charge on any atom is -0.394 e. The number of carbonyl (C=O) groups excluding carboxylic acids is 3. The smallest absolute Gasteiger partial charge is 0.250 e. The summed E-state index contributed by atoms with van der Waals surface area (Å²) in [5, 5.41) is 16.2. The molecule has 2 bridgehead atoms. The topological polar surface area (TPSA) is 108 Å². The first-order valence-electron chi connectivity index (χ1n) is 12.8. The Bertz CT molecular complexity index is 1000. The summed E-state index contributed by atoms with van der Waals surface area (Å²) in [6.07, 6.45) is 1.77. The fourth-order valence-electron chi connectivity index (χ4n) is 6.74. The summed E-state index contributed by atoms with van der Waals surface area (Å²) in [5.41, 5.74) is 0.591. The normalized spacial score (nSPS) is 34.1. The Hall–Kier alpha value is -2.45. The molecule has 3 fully saturated rings. The Balaban J connectivity index is 1.81. The number of aliphatic hydroxyl groups is 1. The Morgan fingerprint density at radius 2 is 1.89 bits per heavy atom. The Morgan fingerprint density at radius 1 is 1.23 bits per heavy atom. The second kappa shape index (κ2) is 9.21. The molecule has 35 heavy (non-hydrogen) atoms. The molecule has 1 aromatic carbocycles. The van der Waals surface area contributed by atoms with Crippen molar-refractivity contribution in [3.8, 4) is 0 Å². The molecular formula is C27H39N3O5. The largest absolute Gasteiger partial charge is 0.394 e. The number of aliphatic hydroxyl groups excluding tert-OH is 1. The van der Waals surface area contributed by atoms with Crippen LogP contribution in [-0.4, -0.2) is 64.2 Å². The van der Waals surface area contributed by atoms with Gasteiger partial charge in [0, 0.05) is 12.2 Å². The van der Waals surface area contributed by atoms with Crippen molar-refractivity contribution in [2.24, 2.45) is 17.8 Å².